The Morgan fingerprint density at radius 2 is 0.725 bits per heavy atom. The van der Waals surface area contributed by atoms with E-state index in [4.69, 9.17) is 0 Å². The first-order valence-corrected chi connectivity index (χ1v) is 9.93. The number of alkyl halides is 21. The Kier molecular flexibility index (Phi) is 8.89. The first-order valence-electron chi connectivity index (χ1n) is 9.93. The third kappa shape index (κ3) is 5.36. The van der Waals surface area contributed by atoms with E-state index in [1.54, 1.807) is 0 Å². The summed E-state index contributed by atoms with van der Waals surface area (Å²) in [5.41, 5.74) is -13.5. The van der Waals surface area contributed by atoms with Crippen LogP contribution in [0, 0.1) is 0 Å². The SMILES string of the molecule is CCCCc1c(C(F)(F)C(F)(F)C(F)(F)F)cc(C(F)(F)C(F)(F)C(F)(F)F)cc1C(F)(F)C(F)(F)C(F)(F)F. The first-order chi connectivity index (χ1) is 17.3. The van der Waals surface area contributed by atoms with Gasteiger partial charge >= 0.3 is 54.1 Å². The molecule has 40 heavy (non-hydrogen) atoms. The predicted molar refractivity (Wildman–Crippen MR) is 89.7 cm³/mol. The number of hydrogen-bond donors (Lipinski definition) is 0. The van der Waals surface area contributed by atoms with Gasteiger partial charge in [-0.2, -0.15) is 92.2 Å². The molecular weight excluding hydrogens is 627 g/mol. The summed E-state index contributed by atoms with van der Waals surface area (Å²) >= 11 is 0. The fourth-order valence-electron chi connectivity index (χ4n) is 3.09. The number of rotatable bonds is 9. The van der Waals surface area contributed by atoms with E-state index in [9.17, 15) is 92.2 Å². The van der Waals surface area contributed by atoms with Gasteiger partial charge in [-0.25, -0.2) is 0 Å². The van der Waals surface area contributed by atoms with Crippen LogP contribution in [-0.2, 0) is 24.2 Å². The molecule has 234 valence electrons. The van der Waals surface area contributed by atoms with E-state index in [0.29, 0.717) is 0 Å². The Balaban J connectivity index is 4.53. The van der Waals surface area contributed by atoms with E-state index in [0.717, 1.165) is 6.92 Å². The summed E-state index contributed by atoms with van der Waals surface area (Å²) in [6.45, 7) is 0.969. The lowest BCUT2D eigenvalue weighted by Crippen LogP contribution is -2.53. The van der Waals surface area contributed by atoms with Crippen LogP contribution in [0.15, 0.2) is 12.1 Å². The van der Waals surface area contributed by atoms with Gasteiger partial charge < -0.3 is 0 Å². The van der Waals surface area contributed by atoms with Crippen molar-refractivity contribution in [3.8, 4) is 0 Å². The molecule has 1 aromatic carbocycles. The molecule has 0 radical (unpaired) electrons. The topological polar surface area (TPSA) is 0 Å². The smallest absolute Gasteiger partial charge is 0.194 e. The van der Waals surface area contributed by atoms with E-state index in [2.05, 4.69) is 0 Å². The maximum Gasteiger partial charge on any atom is 0.460 e. The van der Waals surface area contributed by atoms with Crippen molar-refractivity contribution in [2.45, 2.75) is 80.3 Å². The molecule has 0 N–H and O–H groups in total. The molecule has 0 unspecified atom stereocenters. The van der Waals surface area contributed by atoms with Crippen molar-refractivity contribution in [2.75, 3.05) is 0 Å². The molecule has 0 fully saturated rings. The molecule has 0 aliphatic carbocycles. The predicted octanol–water partition coefficient (Wildman–Crippen LogP) is 9.90. The summed E-state index contributed by atoms with van der Waals surface area (Å²) in [7, 11) is 0. The Morgan fingerprint density at radius 1 is 0.450 bits per heavy atom. The molecular formula is C19H11F21. The fraction of sp³-hybridized carbons (Fsp3) is 0.684. The highest BCUT2D eigenvalue weighted by atomic mass is 19.4. The van der Waals surface area contributed by atoms with Gasteiger partial charge in [0.15, 0.2) is 0 Å². The van der Waals surface area contributed by atoms with Crippen LogP contribution >= 0.6 is 0 Å². The van der Waals surface area contributed by atoms with Gasteiger partial charge in [0.05, 0.1) is 0 Å². The largest absolute Gasteiger partial charge is 0.460 e. The summed E-state index contributed by atoms with van der Waals surface area (Å²) in [6.07, 6.45) is -25.7. The zero-order valence-electron chi connectivity index (χ0n) is 18.7. The Hall–Kier alpha value is -2.25. The highest BCUT2D eigenvalue weighted by Gasteiger charge is 2.78. The monoisotopic (exact) mass is 638 g/mol. The van der Waals surface area contributed by atoms with E-state index in [1.807, 2.05) is 0 Å². The molecule has 0 heterocycles. The van der Waals surface area contributed by atoms with Crippen molar-refractivity contribution in [2.24, 2.45) is 0 Å². The molecule has 0 spiro atoms. The third-order valence-electron chi connectivity index (χ3n) is 5.32. The first kappa shape index (κ1) is 35.8. The molecule has 0 saturated heterocycles. The second-order valence-corrected chi connectivity index (χ2v) is 8.09. The molecule has 1 rings (SSSR count). The van der Waals surface area contributed by atoms with E-state index in [1.165, 1.54) is 0 Å². The van der Waals surface area contributed by atoms with Crippen LogP contribution in [0.4, 0.5) is 92.2 Å². The van der Waals surface area contributed by atoms with Gasteiger partial charge in [0.2, 0.25) is 0 Å². The van der Waals surface area contributed by atoms with Crippen molar-refractivity contribution in [1.82, 2.24) is 0 Å². The van der Waals surface area contributed by atoms with E-state index < -0.39 is 108 Å². The van der Waals surface area contributed by atoms with Crippen molar-refractivity contribution in [3.63, 3.8) is 0 Å². The standard InChI is InChI=1S/C19H11F21/c1-2-3-4-8-9(12(22,23)15(28,29)18(35,36)37)5-7(11(20,21)14(26,27)17(32,33)34)6-10(8)13(24,25)16(30,31)19(38,39)40/h5-6H,2-4H2,1H3. The Morgan fingerprint density at radius 3 is 0.975 bits per heavy atom. The summed E-state index contributed by atoms with van der Waals surface area (Å²) in [5, 5.41) is 0. The number of hydrogen-bond acceptors (Lipinski definition) is 0. The molecule has 21 heteroatoms. The summed E-state index contributed by atoms with van der Waals surface area (Å²) in [6, 6.07) is -3.29. The summed E-state index contributed by atoms with van der Waals surface area (Å²) in [5.74, 6) is -44.2. The third-order valence-corrected chi connectivity index (χ3v) is 5.32. The molecule has 0 amide bonds. The van der Waals surface area contributed by atoms with Gasteiger partial charge in [0.25, 0.3) is 0 Å². The maximum absolute atomic E-state index is 14.5. The normalized spacial score (nSPS) is 15.6. The highest BCUT2D eigenvalue weighted by Crippen LogP contribution is 2.59. The van der Waals surface area contributed by atoms with Crippen molar-refractivity contribution >= 4 is 0 Å². The number of benzene rings is 1. The zero-order valence-corrected chi connectivity index (χ0v) is 18.7. The van der Waals surface area contributed by atoms with Gasteiger partial charge in [-0.3, -0.25) is 0 Å². The zero-order chi connectivity index (χ0) is 32.3. The van der Waals surface area contributed by atoms with Gasteiger partial charge in [-0.15, -0.1) is 0 Å². The van der Waals surface area contributed by atoms with Crippen LogP contribution in [0.25, 0.3) is 0 Å². The van der Waals surface area contributed by atoms with Gasteiger partial charge in [-0.1, -0.05) is 13.3 Å². The second-order valence-electron chi connectivity index (χ2n) is 8.09. The molecule has 0 bridgehead atoms. The molecule has 0 aliphatic heterocycles. The Bertz CT molecular complexity index is 994. The van der Waals surface area contributed by atoms with Crippen LogP contribution in [-0.4, -0.2) is 36.3 Å². The maximum atomic E-state index is 14.5. The van der Waals surface area contributed by atoms with Crippen LogP contribution in [0.2, 0.25) is 0 Å². The van der Waals surface area contributed by atoms with E-state index >= 15 is 0 Å². The number of halogens is 21. The van der Waals surface area contributed by atoms with Crippen LogP contribution in [0.1, 0.15) is 42.0 Å². The summed E-state index contributed by atoms with van der Waals surface area (Å²) < 4.78 is 282. The lowest BCUT2D eigenvalue weighted by Gasteiger charge is -2.35. The highest BCUT2D eigenvalue weighted by molar-refractivity contribution is 5.48. The fourth-order valence-corrected chi connectivity index (χ4v) is 3.09. The van der Waals surface area contributed by atoms with Gasteiger partial charge in [0, 0.05) is 16.7 Å². The van der Waals surface area contributed by atoms with E-state index in [-0.39, 0.29) is 0 Å². The summed E-state index contributed by atoms with van der Waals surface area (Å²) in [4.78, 5) is 0. The molecule has 0 aliphatic rings. The van der Waals surface area contributed by atoms with Crippen LogP contribution in [0.5, 0.6) is 0 Å². The Labute approximate surface area is 208 Å². The van der Waals surface area contributed by atoms with Gasteiger partial charge in [-0.05, 0) is 30.5 Å². The second kappa shape index (κ2) is 9.94. The average Bonchev–Trinajstić information content (AvgIpc) is 2.74. The van der Waals surface area contributed by atoms with Crippen molar-refractivity contribution < 1.29 is 92.2 Å². The van der Waals surface area contributed by atoms with Crippen LogP contribution < -0.4 is 0 Å². The lowest BCUT2D eigenvalue weighted by atomic mass is 9.83. The lowest BCUT2D eigenvalue weighted by molar-refractivity contribution is -0.362. The minimum atomic E-state index is -7.56. The van der Waals surface area contributed by atoms with Gasteiger partial charge in [0.1, 0.15) is 0 Å². The number of unbranched alkanes of at least 4 members (excludes halogenated alkanes) is 1. The van der Waals surface area contributed by atoms with Crippen molar-refractivity contribution in [3.05, 3.63) is 34.4 Å². The molecule has 1 aromatic rings. The van der Waals surface area contributed by atoms with Crippen LogP contribution in [0.3, 0.4) is 0 Å². The molecule has 0 aromatic heterocycles. The molecule has 0 atom stereocenters. The minimum absolute atomic E-state index is 0.509. The molecule has 0 nitrogen and oxygen atoms in total. The quantitative estimate of drug-likeness (QED) is 0.236. The molecule has 0 saturated carbocycles. The minimum Gasteiger partial charge on any atom is -0.194 e. The van der Waals surface area contributed by atoms with Crippen molar-refractivity contribution in [1.29, 1.82) is 0 Å². The average molecular weight is 638 g/mol.